The lowest BCUT2D eigenvalue weighted by Crippen LogP contribution is -2.27. The monoisotopic (exact) mass is 280 g/mol. The maximum Gasteiger partial charge on any atom is 0.208 e. The van der Waals surface area contributed by atoms with Crippen molar-refractivity contribution in [3.63, 3.8) is 0 Å². The largest absolute Gasteiger partial charge is 0.399 e. The number of nitrogen functional groups attached to an aromatic ring is 1. The van der Waals surface area contributed by atoms with Crippen LogP contribution in [0, 0.1) is 0 Å². The van der Waals surface area contributed by atoms with Gasteiger partial charge in [0, 0.05) is 24.2 Å². The van der Waals surface area contributed by atoms with Crippen molar-refractivity contribution in [3.8, 4) is 0 Å². The molecular formula is C12H16N4O2S. The summed E-state index contributed by atoms with van der Waals surface area (Å²) in [6.07, 6.45) is 1.13. The molecule has 0 fully saturated rings. The lowest BCUT2D eigenvalue weighted by atomic mass is 10.2. The highest BCUT2D eigenvalue weighted by molar-refractivity contribution is 7.88. The Morgan fingerprint density at radius 3 is 2.74 bits per heavy atom. The van der Waals surface area contributed by atoms with Crippen molar-refractivity contribution in [1.29, 1.82) is 0 Å². The number of anilines is 2. The summed E-state index contributed by atoms with van der Waals surface area (Å²) in [5, 5.41) is 4.03. The number of rotatable bonds is 5. The van der Waals surface area contributed by atoms with E-state index < -0.39 is 10.0 Å². The number of hydrogen-bond acceptors (Lipinski definition) is 5. The van der Waals surface area contributed by atoms with Gasteiger partial charge < -0.3 is 11.1 Å². The molecule has 0 atom stereocenters. The van der Waals surface area contributed by atoms with E-state index in [1.807, 2.05) is 24.3 Å². The Labute approximate surface area is 112 Å². The van der Waals surface area contributed by atoms with Crippen LogP contribution >= 0.6 is 0 Å². The molecule has 1 aromatic carbocycles. The Hall–Kier alpha value is -1.86. The van der Waals surface area contributed by atoms with E-state index in [4.69, 9.17) is 5.73 Å². The summed E-state index contributed by atoms with van der Waals surface area (Å²) in [7, 11) is -3.14. The summed E-state index contributed by atoms with van der Waals surface area (Å²) in [5.74, 6) is 0.701. The van der Waals surface area contributed by atoms with Gasteiger partial charge in [-0.1, -0.05) is 0 Å². The summed E-state index contributed by atoms with van der Waals surface area (Å²) < 4.78 is 24.2. The van der Waals surface area contributed by atoms with E-state index in [0.29, 0.717) is 24.6 Å². The molecule has 0 saturated carbocycles. The molecule has 0 saturated heterocycles. The zero-order chi connectivity index (χ0) is 13.9. The Kier molecular flexibility index (Phi) is 3.87. The average molecular weight is 280 g/mol. The molecule has 0 aliphatic carbocycles. The van der Waals surface area contributed by atoms with Crippen molar-refractivity contribution >= 4 is 32.4 Å². The van der Waals surface area contributed by atoms with E-state index >= 15 is 0 Å². The van der Waals surface area contributed by atoms with E-state index in [1.165, 1.54) is 0 Å². The third-order valence-corrected chi connectivity index (χ3v) is 3.24. The summed E-state index contributed by atoms with van der Waals surface area (Å²) in [6, 6.07) is 9.26. The minimum Gasteiger partial charge on any atom is -0.399 e. The minimum absolute atomic E-state index is 0.320. The van der Waals surface area contributed by atoms with E-state index in [9.17, 15) is 8.42 Å². The zero-order valence-corrected chi connectivity index (χ0v) is 11.4. The van der Waals surface area contributed by atoms with Gasteiger partial charge in [-0.05, 0) is 30.3 Å². The summed E-state index contributed by atoms with van der Waals surface area (Å²) in [6.45, 7) is 0.792. The molecule has 0 bridgehead atoms. The van der Waals surface area contributed by atoms with Crippen LogP contribution in [0.25, 0.3) is 10.9 Å². The molecule has 1 heterocycles. The number of nitrogens with two attached hydrogens (primary N) is 1. The zero-order valence-electron chi connectivity index (χ0n) is 10.6. The number of nitrogens with one attached hydrogen (secondary N) is 2. The number of hydrogen-bond donors (Lipinski definition) is 3. The maximum atomic E-state index is 10.9. The summed E-state index contributed by atoms with van der Waals surface area (Å²) in [5.41, 5.74) is 7.24. The number of fused-ring (bicyclic) bond motifs is 1. The van der Waals surface area contributed by atoms with Gasteiger partial charge >= 0.3 is 0 Å². The van der Waals surface area contributed by atoms with Crippen LogP contribution in [0.1, 0.15) is 0 Å². The van der Waals surface area contributed by atoms with Crippen LogP contribution in [-0.4, -0.2) is 32.7 Å². The Morgan fingerprint density at radius 1 is 1.21 bits per heavy atom. The molecular weight excluding hydrogens is 264 g/mol. The highest BCUT2D eigenvalue weighted by atomic mass is 32.2. The first-order valence-corrected chi connectivity index (χ1v) is 7.68. The van der Waals surface area contributed by atoms with Crippen LogP contribution in [0.2, 0.25) is 0 Å². The third-order valence-electron chi connectivity index (χ3n) is 2.51. The number of benzene rings is 1. The molecule has 2 aromatic rings. The average Bonchev–Trinajstić information content (AvgIpc) is 2.33. The molecule has 0 amide bonds. The van der Waals surface area contributed by atoms with Crippen molar-refractivity contribution in [2.45, 2.75) is 0 Å². The molecule has 1 aromatic heterocycles. The number of sulfonamides is 1. The smallest absolute Gasteiger partial charge is 0.208 e. The first kappa shape index (κ1) is 13.6. The van der Waals surface area contributed by atoms with Gasteiger partial charge in [-0.25, -0.2) is 18.1 Å². The highest BCUT2D eigenvalue weighted by Crippen LogP contribution is 2.17. The van der Waals surface area contributed by atoms with Crippen LogP contribution < -0.4 is 15.8 Å². The number of nitrogens with zero attached hydrogens (tertiary/aromatic N) is 1. The van der Waals surface area contributed by atoms with Gasteiger partial charge in [0.25, 0.3) is 0 Å². The van der Waals surface area contributed by atoms with Gasteiger partial charge in [0.1, 0.15) is 5.82 Å². The molecule has 4 N–H and O–H groups in total. The predicted molar refractivity (Wildman–Crippen MR) is 77.5 cm³/mol. The fourth-order valence-electron chi connectivity index (χ4n) is 1.67. The van der Waals surface area contributed by atoms with E-state index in [2.05, 4.69) is 15.0 Å². The van der Waals surface area contributed by atoms with Crippen molar-refractivity contribution in [1.82, 2.24) is 9.71 Å². The van der Waals surface area contributed by atoms with Crippen LogP contribution in [0.3, 0.4) is 0 Å². The highest BCUT2D eigenvalue weighted by Gasteiger charge is 2.01. The number of pyridine rings is 1. The quantitative estimate of drug-likeness (QED) is 0.555. The van der Waals surface area contributed by atoms with E-state index in [0.717, 1.165) is 17.2 Å². The summed E-state index contributed by atoms with van der Waals surface area (Å²) >= 11 is 0. The topological polar surface area (TPSA) is 97.1 Å². The Bertz CT molecular complexity index is 685. The van der Waals surface area contributed by atoms with Crippen LogP contribution in [0.4, 0.5) is 11.5 Å². The fourth-order valence-corrected chi connectivity index (χ4v) is 2.14. The maximum absolute atomic E-state index is 10.9. The van der Waals surface area contributed by atoms with Crippen molar-refractivity contribution in [3.05, 3.63) is 30.3 Å². The van der Waals surface area contributed by atoms with Gasteiger partial charge in [0.15, 0.2) is 0 Å². The molecule has 0 unspecified atom stereocenters. The van der Waals surface area contributed by atoms with Gasteiger partial charge in [0.05, 0.1) is 11.8 Å². The van der Waals surface area contributed by atoms with Crippen LogP contribution in [-0.2, 0) is 10.0 Å². The van der Waals surface area contributed by atoms with Gasteiger partial charge in [0.2, 0.25) is 10.0 Å². The molecule has 0 spiro atoms. The molecule has 0 aliphatic rings. The van der Waals surface area contributed by atoms with Gasteiger partial charge in [-0.15, -0.1) is 0 Å². The van der Waals surface area contributed by atoms with Crippen LogP contribution in [0.5, 0.6) is 0 Å². The second kappa shape index (κ2) is 5.41. The van der Waals surface area contributed by atoms with Crippen molar-refractivity contribution in [2.24, 2.45) is 0 Å². The fraction of sp³-hybridized carbons (Fsp3) is 0.250. The Balaban J connectivity index is 2.00. The molecule has 2 rings (SSSR count). The standard InChI is InChI=1S/C12H16N4O2S/c1-19(17,18)15-7-6-14-12-5-2-9-8-10(13)3-4-11(9)16-12/h2-5,8,15H,6-7,13H2,1H3,(H,14,16). The van der Waals surface area contributed by atoms with Crippen LogP contribution in [0.15, 0.2) is 30.3 Å². The lowest BCUT2D eigenvalue weighted by Gasteiger charge is -2.07. The SMILES string of the molecule is CS(=O)(=O)NCCNc1ccc2cc(N)ccc2n1. The van der Waals surface area contributed by atoms with Gasteiger partial charge in [-0.3, -0.25) is 0 Å². The third kappa shape index (κ3) is 4.08. The molecule has 6 nitrogen and oxygen atoms in total. The molecule has 0 aliphatic heterocycles. The first-order chi connectivity index (χ1) is 8.94. The first-order valence-electron chi connectivity index (χ1n) is 5.79. The predicted octanol–water partition coefficient (Wildman–Crippen LogP) is 0.778. The van der Waals surface area contributed by atoms with Crippen molar-refractivity contribution < 1.29 is 8.42 Å². The molecule has 0 radical (unpaired) electrons. The van der Waals surface area contributed by atoms with Gasteiger partial charge in [-0.2, -0.15) is 0 Å². The summed E-state index contributed by atoms with van der Waals surface area (Å²) in [4.78, 5) is 4.41. The molecule has 19 heavy (non-hydrogen) atoms. The molecule has 7 heteroatoms. The minimum atomic E-state index is -3.14. The number of aromatic nitrogens is 1. The van der Waals surface area contributed by atoms with Crippen molar-refractivity contribution in [2.75, 3.05) is 30.4 Å². The van der Waals surface area contributed by atoms with E-state index in [-0.39, 0.29) is 0 Å². The molecule has 102 valence electrons. The Morgan fingerprint density at radius 2 is 2.00 bits per heavy atom. The van der Waals surface area contributed by atoms with E-state index in [1.54, 1.807) is 6.07 Å². The normalized spacial score (nSPS) is 11.6. The lowest BCUT2D eigenvalue weighted by molar-refractivity contribution is 0.589. The second-order valence-electron chi connectivity index (χ2n) is 4.24. The second-order valence-corrected chi connectivity index (χ2v) is 6.07.